The molecule has 7 nitrogen and oxygen atoms in total. The van der Waals surface area contributed by atoms with Crippen LogP contribution >= 0.6 is 7.82 Å². The van der Waals surface area contributed by atoms with Crippen molar-refractivity contribution in [2.45, 2.75) is 25.7 Å². The van der Waals surface area contributed by atoms with E-state index in [0.29, 0.717) is 25.7 Å². The van der Waals surface area contributed by atoms with Crippen molar-refractivity contribution in [3.63, 3.8) is 0 Å². The highest BCUT2D eigenvalue weighted by Gasteiger charge is 2.21. The van der Waals surface area contributed by atoms with Gasteiger partial charge in [0.25, 0.3) is 10.1 Å². The molecule has 0 saturated carbocycles. The number of unbranched alkanes of at least 4 members (excludes halogenated alkanes) is 3. The molecule has 0 spiro atoms. The van der Waals surface area contributed by atoms with Gasteiger partial charge in [-0.3, -0.25) is 18.1 Å². The number of rotatable bonds is 10. The first-order chi connectivity index (χ1) is 7.83. The van der Waals surface area contributed by atoms with E-state index in [1.807, 2.05) is 0 Å². The van der Waals surface area contributed by atoms with Gasteiger partial charge in [-0.05, 0) is 12.8 Å². The van der Waals surface area contributed by atoms with E-state index in [1.165, 1.54) is 14.2 Å². The Bertz CT molecular complexity index is 332. The molecule has 0 rings (SSSR count). The van der Waals surface area contributed by atoms with Crippen LogP contribution in [0.3, 0.4) is 0 Å². The highest BCUT2D eigenvalue weighted by molar-refractivity contribution is 7.85. The molecule has 0 amide bonds. The molecule has 0 radical (unpaired) electrons. The summed E-state index contributed by atoms with van der Waals surface area (Å²) in [5, 5.41) is 0. The Balaban J connectivity index is 3.51. The smallest absolute Gasteiger partial charge is 0.290 e. The molecule has 0 aromatic heterocycles. The molecule has 0 heterocycles. The van der Waals surface area contributed by atoms with Crippen LogP contribution in [0.4, 0.5) is 0 Å². The van der Waals surface area contributed by atoms with Gasteiger partial charge in [-0.1, -0.05) is 12.8 Å². The van der Waals surface area contributed by atoms with E-state index in [4.69, 9.17) is 9.08 Å². The van der Waals surface area contributed by atoms with Crippen LogP contribution in [-0.2, 0) is 28.3 Å². The van der Waals surface area contributed by atoms with Crippen molar-refractivity contribution >= 4 is 17.9 Å². The normalized spacial score (nSPS) is 12.9. The van der Waals surface area contributed by atoms with Crippen LogP contribution in [-0.4, -0.2) is 39.5 Å². The van der Waals surface area contributed by atoms with Crippen molar-refractivity contribution in [3.05, 3.63) is 0 Å². The Hall–Kier alpha value is 0.0200. The quantitative estimate of drug-likeness (QED) is 0.372. The predicted octanol–water partition coefficient (Wildman–Crippen LogP) is 1.85. The number of phosphoric acid groups is 1. The van der Waals surface area contributed by atoms with Crippen molar-refractivity contribution in [1.82, 2.24) is 0 Å². The van der Waals surface area contributed by atoms with Crippen LogP contribution in [0.5, 0.6) is 0 Å². The van der Waals surface area contributed by atoms with Crippen LogP contribution < -0.4 is 0 Å². The molecule has 0 aliphatic heterocycles. The molecule has 1 N–H and O–H groups in total. The minimum atomic E-state index is -3.86. The fourth-order valence-corrected chi connectivity index (χ4v) is 2.38. The molecule has 0 atom stereocenters. The van der Waals surface area contributed by atoms with E-state index in [0.717, 1.165) is 0 Å². The fourth-order valence-electron chi connectivity index (χ4n) is 1.10. The number of hydrogen-bond donors (Lipinski definition) is 1. The number of phosphoric ester groups is 1. The molecule has 0 fully saturated rings. The van der Waals surface area contributed by atoms with Crippen molar-refractivity contribution in [2.24, 2.45) is 0 Å². The van der Waals surface area contributed by atoms with Crippen molar-refractivity contribution in [3.8, 4) is 0 Å². The highest BCUT2D eigenvalue weighted by Crippen LogP contribution is 2.47. The molecule has 0 saturated heterocycles. The standard InChI is InChI=1S/C8H19O7PS/c1-13-16(9,14-2)15-7-5-3-4-6-8-17(10,11)12/h3-8H2,1-2H3,(H,10,11,12). The second-order valence-electron chi connectivity index (χ2n) is 3.35. The molecule has 0 bridgehead atoms. The van der Waals surface area contributed by atoms with Crippen LogP contribution in [0.2, 0.25) is 0 Å². The molecule has 9 heteroatoms. The summed E-state index contributed by atoms with van der Waals surface area (Å²) in [7, 11) is -4.80. The third-order valence-electron chi connectivity index (χ3n) is 1.99. The Kier molecular flexibility index (Phi) is 8.19. The second kappa shape index (κ2) is 8.18. The lowest BCUT2D eigenvalue weighted by Gasteiger charge is -2.12. The molecule has 104 valence electrons. The van der Waals surface area contributed by atoms with E-state index < -0.39 is 17.9 Å². The van der Waals surface area contributed by atoms with Crippen molar-refractivity contribution in [1.29, 1.82) is 0 Å². The van der Waals surface area contributed by atoms with E-state index in [9.17, 15) is 13.0 Å². The van der Waals surface area contributed by atoms with E-state index >= 15 is 0 Å². The summed E-state index contributed by atoms with van der Waals surface area (Å²) in [5.41, 5.74) is 0. The Morgan fingerprint density at radius 3 is 2.06 bits per heavy atom. The molecule has 0 aliphatic rings. The van der Waals surface area contributed by atoms with Crippen LogP contribution in [0.25, 0.3) is 0 Å². The fraction of sp³-hybridized carbons (Fsp3) is 1.00. The first kappa shape index (κ1) is 17.0. The zero-order chi connectivity index (χ0) is 13.4. The predicted molar refractivity (Wildman–Crippen MR) is 62.5 cm³/mol. The van der Waals surface area contributed by atoms with Crippen molar-refractivity contribution in [2.75, 3.05) is 26.6 Å². The average Bonchev–Trinajstić information content (AvgIpc) is 2.26. The Morgan fingerprint density at radius 1 is 1.06 bits per heavy atom. The second-order valence-corrected chi connectivity index (χ2v) is 6.80. The van der Waals surface area contributed by atoms with E-state index in [-0.39, 0.29) is 12.4 Å². The van der Waals surface area contributed by atoms with Gasteiger partial charge in [0.15, 0.2) is 0 Å². The van der Waals surface area contributed by atoms with Gasteiger partial charge in [-0.25, -0.2) is 4.57 Å². The SMILES string of the molecule is COP(=O)(OC)OCCCCCCS(=O)(=O)O. The van der Waals surface area contributed by atoms with Gasteiger partial charge in [0, 0.05) is 14.2 Å². The molecule has 0 aromatic rings. The molecular formula is C8H19O7PS. The summed E-state index contributed by atoms with van der Waals surface area (Å²) in [4.78, 5) is 0. The largest absolute Gasteiger partial charge is 0.474 e. The highest BCUT2D eigenvalue weighted by atomic mass is 32.2. The Labute approximate surface area is 102 Å². The van der Waals surface area contributed by atoms with E-state index in [1.54, 1.807) is 0 Å². The van der Waals surface area contributed by atoms with Gasteiger partial charge >= 0.3 is 7.82 Å². The zero-order valence-corrected chi connectivity index (χ0v) is 11.7. The molecular weight excluding hydrogens is 271 g/mol. The lowest BCUT2D eigenvalue weighted by molar-refractivity contribution is 0.150. The van der Waals surface area contributed by atoms with Gasteiger partial charge < -0.3 is 0 Å². The minimum absolute atomic E-state index is 0.213. The summed E-state index contributed by atoms with van der Waals surface area (Å²) < 4.78 is 54.7. The maximum absolute atomic E-state index is 11.4. The van der Waals surface area contributed by atoms with Gasteiger partial charge in [0.1, 0.15) is 0 Å². The maximum atomic E-state index is 11.4. The average molecular weight is 290 g/mol. The van der Waals surface area contributed by atoms with Crippen molar-refractivity contribution < 1.29 is 31.1 Å². The summed E-state index contributed by atoms with van der Waals surface area (Å²) >= 11 is 0. The molecule has 0 aliphatic carbocycles. The summed E-state index contributed by atoms with van der Waals surface area (Å²) in [6, 6.07) is 0. The molecule has 17 heavy (non-hydrogen) atoms. The maximum Gasteiger partial charge on any atom is 0.474 e. The lowest BCUT2D eigenvalue weighted by atomic mass is 10.2. The lowest BCUT2D eigenvalue weighted by Crippen LogP contribution is -2.03. The first-order valence-corrected chi connectivity index (χ1v) is 8.21. The van der Waals surface area contributed by atoms with Crippen LogP contribution in [0.1, 0.15) is 25.7 Å². The van der Waals surface area contributed by atoms with Crippen LogP contribution in [0.15, 0.2) is 0 Å². The van der Waals surface area contributed by atoms with Gasteiger partial charge in [-0.15, -0.1) is 0 Å². The Morgan fingerprint density at radius 2 is 1.59 bits per heavy atom. The summed E-state index contributed by atoms with van der Waals surface area (Å²) in [6.45, 7) is 0.213. The summed E-state index contributed by atoms with van der Waals surface area (Å²) in [5.74, 6) is -0.234. The van der Waals surface area contributed by atoms with Gasteiger partial charge in [0.05, 0.1) is 12.4 Å². The summed E-state index contributed by atoms with van der Waals surface area (Å²) in [6.07, 6.45) is 2.36. The third kappa shape index (κ3) is 9.70. The molecule has 0 unspecified atom stereocenters. The van der Waals surface area contributed by atoms with Gasteiger partial charge in [-0.2, -0.15) is 8.42 Å². The van der Waals surface area contributed by atoms with E-state index in [2.05, 4.69) is 9.05 Å². The van der Waals surface area contributed by atoms with Gasteiger partial charge in [0.2, 0.25) is 0 Å². The minimum Gasteiger partial charge on any atom is -0.290 e. The molecule has 0 aromatic carbocycles. The monoisotopic (exact) mass is 290 g/mol. The third-order valence-corrected chi connectivity index (χ3v) is 4.19. The zero-order valence-electron chi connectivity index (χ0n) is 9.99. The number of hydrogen-bond acceptors (Lipinski definition) is 6. The first-order valence-electron chi connectivity index (χ1n) is 5.14. The topological polar surface area (TPSA) is 99.1 Å². The van der Waals surface area contributed by atoms with Crippen LogP contribution in [0, 0.1) is 0 Å².